The number of nitrogens with one attached hydrogen (secondary N) is 1. The average molecular weight is 645 g/mol. The maximum atomic E-state index is 13.8. The summed E-state index contributed by atoms with van der Waals surface area (Å²) in [4.78, 5) is 36.7. The lowest BCUT2D eigenvalue weighted by atomic mass is 9.94. The van der Waals surface area contributed by atoms with Crippen LogP contribution in [0.3, 0.4) is 0 Å². The van der Waals surface area contributed by atoms with E-state index in [1.807, 2.05) is 0 Å². The van der Waals surface area contributed by atoms with E-state index < -0.39 is 35.8 Å². The number of aliphatic hydroxyl groups excluding tert-OH is 1. The fourth-order valence-electron chi connectivity index (χ4n) is 5.64. The number of β-amino-alcohol motifs (C(OH)–C–C–N with tert-alkyl or cyclic N) is 1. The molecule has 6 rings (SSSR count). The normalized spacial score (nSPS) is 19.1. The topological polar surface area (TPSA) is 150 Å². The molecule has 0 aromatic carbocycles. The van der Waals surface area contributed by atoms with Crippen LogP contribution < -0.4 is 10.2 Å². The van der Waals surface area contributed by atoms with Gasteiger partial charge in [-0.2, -0.15) is 22.8 Å². The number of ether oxygens (including phenoxy) is 1. The number of rotatable bonds is 7. The van der Waals surface area contributed by atoms with Gasteiger partial charge < -0.3 is 25.2 Å². The molecule has 3 N–H and O–H groups in total. The summed E-state index contributed by atoms with van der Waals surface area (Å²) >= 11 is 0. The number of carbonyl (C=O) groups excluding carboxylic acids is 1. The molecule has 1 saturated heterocycles. The molecule has 0 spiro atoms. The van der Waals surface area contributed by atoms with Gasteiger partial charge in [-0.25, -0.2) is 19.6 Å². The van der Waals surface area contributed by atoms with Gasteiger partial charge in [-0.3, -0.25) is 9.30 Å². The van der Waals surface area contributed by atoms with Gasteiger partial charge in [-0.15, -0.1) is 0 Å². The van der Waals surface area contributed by atoms with Crippen LogP contribution in [0, 0.1) is 5.92 Å². The number of anilines is 2. The number of pyridine rings is 1. The van der Waals surface area contributed by atoms with Crippen molar-refractivity contribution in [2.45, 2.75) is 70.4 Å². The molecule has 0 radical (unpaired) electrons. The lowest BCUT2D eigenvalue weighted by molar-refractivity contribution is -0.142. The molecule has 0 unspecified atom stereocenters. The molecule has 2 aliphatic rings. The first-order chi connectivity index (χ1) is 21.7. The maximum Gasteiger partial charge on any atom is 0.431 e. The van der Waals surface area contributed by atoms with Crippen LogP contribution >= 0.6 is 0 Å². The number of amides is 2. The standard InChI is InChI=1S/C30H35F3N8O5/c1-29(2,3)46-28(45)40(15-19-14-39-22(30(31,32)33)5-4-6-24(39)36-19)25-11-23(37-26-20(17-7-8-17)13-35-41(25)26)34-12-18-9-10-38(27(43)44)16-21(18)42/h4-6,11,13-14,17-18,21,42H,7-10,12,15-16H2,1-3H3,(H,34,37)(H,43,44)/t18-,21+/m1/s1. The van der Waals surface area contributed by atoms with E-state index in [0.717, 1.165) is 28.9 Å². The molecule has 13 nitrogen and oxygen atoms in total. The predicted octanol–water partition coefficient (Wildman–Crippen LogP) is 4.99. The maximum absolute atomic E-state index is 13.8. The van der Waals surface area contributed by atoms with Crippen LogP contribution in [0.4, 0.5) is 34.4 Å². The number of hydrogen-bond acceptors (Lipinski definition) is 8. The third kappa shape index (κ3) is 6.52. The zero-order valence-corrected chi connectivity index (χ0v) is 25.5. The van der Waals surface area contributed by atoms with Crippen molar-refractivity contribution in [3.8, 4) is 0 Å². The number of fused-ring (bicyclic) bond motifs is 2. The first kappa shape index (κ1) is 31.4. The van der Waals surface area contributed by atoms with Gasteiger partial charge in [-0.05, 0) is 58.1 Å². The van der Waals surface area contributed by atoms with Crippen molar-refractivity contribution in [2.75, 3.05) is 29.9 Å². The van der Waals surface area contributed by atoms with E-state index in [4.69, 9.17) is 9.72 Å². The summed E-state index contributed by atoms with van der Waals surface area (Å²) in [6.07, 6.45) is -2.04. The molecule has 5 heterocycles. The van der Waals surface area contributed by atoms with Crippen LogP contribution in [-0.4, -0.2) is 82.6 Å². The minimum atomic E-state index is -4.62. The molecule has 4 aromatic rings. The summed E-state index contributed by atoms with van der Waals surface area (Å²) in [6.45, 7) is 5.44. The Balaban J connectivity index is 1.38. The van der Waals surface area contributed by atoms with Crippen LogP contribution in [0.2, 0.25) is 0 Å². The monoisotopic (exact) mass is 644 g/mol. The lowest BCUT2D eigenvalue weighted by Gasteiger charge is -2.34. The summed E-state index contributed by atoms with van der Waals surface area (Å²) in [6, 6.07) is 5.28. The van der Waals surface area contributed by atoms with E-state index in [1.165, 1.54) is 32.6 Å². The van der Waals surface area contributed by atoms with Crippen LogP contribution in [0.1, 0.15) is 62.9 Å². The SMILES string of the molecule is CC(C)(C)OC(=O)N(Cc1cn2c(C(F)(F)F)cccc2n1)c1cc(NC[C@H]2CCN(C(=O)O)C[C@@H]2O)nc2c(C3CC3)cnn12. The number of carboxylic acid groups (broad SMARTS) is 1. The molecule has 1 aliphatic carbocycles. The van der Waals surface area contributed by atoms with E-state index in [2.05, 4.69) is 15.4 Å². The van der Waals surface area contributed by atoms with Crippen molar-refractivity contribution < 1.29 is 37.7 Å². The van der Waals surface area contributed by atoms with E-state index in [0.29, 0.717) is 17.9 Å². The molecule has 2 fully saturated rings. The first-order valence-corrected chi connectivity index (χ1v) is 15.0. The zero-order chi connectivity index (χ0) is 33.0. The van der Waals surface area contributed by atoms with Crippen LogP contribution in [0.15, 0.2) is 36.7 Å². The van der Waals surface area contributed by atoms with Crippen molar-refractivity contribution in [3.63, 3.8) is 0 Å². The molecular weight excluding hydrogens is 609 g/mol. The molecule has 1 saturated carbocycles. The molecule has 1 aliphatic heterocycles. The van der Waals surface area contributed by atoms with Crippen LogP contribution in [0.5, 0.6) is 0 Å². The Morgan fingerprint density at radius 2 is 1.91 bits per heavy atom. The summed E-state index contributed by atoms with van der Waals surface area (Å²) in [5, 5.41) is 27.7. The summed E-state index contributed by atoms with van der Waals surface area (Å²) in [7, 11) is 0. The van der Waals surface area contributed by atoms with Gasteiger partial charge in [0, 0.05) is 36.8 Å². The van der Waals surface area contributed by atoms with Crippen molar-refractivity contribution in [3.05, 3.63) is 53.6 Å². The molecule has 246 valence electrons. The van der Waals surface area contributed by atoms with Crippen LogP contribution in [-0.2, 0) is 17.5 Å². The molecule has 0 bridgehead atoms. The summed E-state index contributed by atoms with van der Waals surface area (Å²) < 4.78 is 49.4. The lowest BCUT2D eigenvalue weighted by Crippen LogP contribution is -2.47. The second kappa shape index (κ2) is 11.6. The Morgan fingerprint density at radius 3 is 2.57 bits per heavy atom. The van der Waals surface area contributed by atoms with Gasteiger partial charge in [0.25, 0.3) is 0 Å². The minimum Gasteiger partial charge on any atom is -0.465 e. The Hall–Kier alpha value is -4.60. The van der Waals surface area contributed by atoms with Crippen molar-refractivity contribution >= 4 is 35.1 Å². The highest BCUT2D eigenvalue weighted by Gasteiger charge is 2.35. The second-order valence-electron chi connectivity index (χ2n) is 12.8. The number of alkyl halides is 3. The Bertz CT molecular complexity index is 1780. The van der Waals surface area contributed by atoms with Crippen molar-refractivity contribution in [2.24, 2.45) is 5.92 Å². The van der Waals surface area contributed by atoms with Crippen molar-refractivity contribution in [1.82, 2.24) is 28.9 Å². The number of imidazole rings is 1. The zero-order valence-electron chi connectivity index (χ0n) is 25.5. The minimum absolute atomic E-state index is 0.00463. The number of likely N-dealkylation sites (tertiary alicyclic amines) is 1. The third-order valence-corrected chi connectivity index (χ3v) is 8.08. The van der Waals surface area contributed by atoms with E-state index in [1.54, 1.807) is 33.0 Å². The largest absolute Gasteiger partial charge is 0.465 e. The number of halogens is 3. The Labute approximate surface area is 261 Å². The number of aliphatic hydroxyl groups is 1. The van der Waals surface area contributed by atoms with E-state index >= 15 is 0 Å². The number of piperidine rings is 1. The fourth-order valence-corrected chi connectivity index (χ4v) is 5.64. The number of nitrogens with zero attached hydrogens (tertiary/aromatic N) is 7. The van der Waals surface area contributed by atoms with Gasteiger partial charge in [0.15, 0.2) is 5.65 Å². The fraction of sp³-hybridized carbons (Fsp3) is 0.500. The number of aromatic nitrogens is 5. The highest BCUT2D eigenvalue weighted by Crippen LogP contribution is 2.42. The highest BCUT2D eigenvalue weighted by atomic mass is 19.4. The van der Waals surface area contributed by atoms with Gasteiger partial charge in [0.1, 0.15) is 28.6 Å². The molecule has 46 heavy (non-hydrogen) atoms. The second-order valence-corrected chi connectivity index (χ2v) is 12.8. The highest BCUT2D eigenvalue weighted by molar-refractivity contribution is 5.88. The molecule has 2 atom stereocenters. The molecular formula is C30H35F3N8O5. The average Bonchev–Trinajstić information content (AvgIpc) is 3.58. The summed E-state index contributed by atoms with van der Waals surface area (Å²) in [5.41, 5.74) is -0.139. The smallest absolute Gasteiger partial charge is 0.431 e. The van der Waals surface area contributed by atoms with Gasteiger partial charge in [0.05, 0.1) is 31.1 Å². The summed E-state index contributed by atoms with van der Waals surface area (Å²) in [5.74, 6) is 0.626. The quantitative estimate of drug-likeness (QED) is 0.253. The first-order valence-electron chi connectivity index (χ1n) is 15.0. The van der Waals surface area contributed by atoms with E-state index in [-0.39, 0.29) is 55.2 Å². The van der Waals surface area contributed by atoms with E-state index in [9.17, 15) is 33.0 Å². The number of carbonyl (C=O) groups is 2. The molecule has 2 amide bonds. The van der Waals surface area contributed by atoms with Gasteiger partial charge >= 0.3 is 18.4 Å². The van der Waals surface area contributed by atoms with Gasteiger partial charge in [0.2, 0.25) is 0 Å². The molecule has 4 aromatic heterocycles. The molecule has 16 heteroatoms. The Morgan fingerprint density at radius 1 is 1.15 bits per heavy atom. The van der Waals surface area contributed by atoms with Crippen LogP contribution in [0.25, 0.3) is 11.3 Å². The van der Waals surface area contributed by atoms with Crippen molar-refractivity contribution in [1.29, 1.82) is 0 Å². The van der Waals surface area contributed by atoms with Gasteiger partial charge in [-0.1, -0.05) is 6.07 Å². The third-order valence-electron chi connectivity index (χ3n) is 8.08. The number of hydrogen-bond donors (Lipinski definition) is 3. The predicted molar refractivity (Wildman–Crippen MR) is 160 cm³/mol. The Kier molecular flexibility index (Phi) is 7.94.